The second kappa shape index (κ2) is 7.80. The number of aromatic nitrogens is 1. The Hall–Kier alpha value is -3.80. The molecule has 6 nitrogen and oxygen atoms in total. The van der Waals surface area contributed by atoms with Gasteiger partial charge in [-0.25, -0.2) is 4.98 Å². The number of nitrogens with one attached hydrogen (secondary N) is 1. The normalized spacial score (nSPS) is 13.7. The highest BCUT2D eigenvalue weighted by molar-refractivity contribution is 6.07. The number of fused-ring (bicyclic) bond motifs is 2. The lowest BCUT2D eigenvalue weighted by Gasteiger charge is -2.21. The lowest BCUT2D eigenvalue weighted by atomic mass is 10.0. The number of rotatable bonds is 4. The largest absolute Gasteiger partial charge is 0.486 e. The topological polar surface area (TPSA) is 73.6 Å². The Morgan fingerprint density at radius 2 is 1.81 bits per heavy atom. The van der Waals surface area contributed by atoms with E-state index in [1.807, 2.05) is 68.4 Å². The van der Waals surface area contributed by atoms with E-state index in [0.29, 0.717) is 36.0 Å². The Morgan fingerprint density at radius 1 is 1.00 bits per heavy atom. The number of hydrogen-bond acceptors (Lipinski definition) is 5. The average Bonchev–Trinajstić information content (AvgIpc) is 3.24. The van der Waals surface area contributed by atoms with Gasteiger partial charge in [0.2, 0.25) is 0 Å². The third kappa shape index (κ3) is 3.72. The SMILES string of the molecule is Cc1ccc(-c2cc(C(=O)NC(C)c3ccc4c(c3)OCCO4)c3ccccc3n2)o1. The maximum atomic E-state index is 13.3. The van der Waals surface area contributed by atoms with Crippen LogP contribution in [-0.4, -0.2) is 24.1 Å². The zero-order valence-corrected chi connectivity index (χ0v) is 17.3. The van der Waals surface area contributed by atoms with E-state index in [9.17, 15) is 4.79 Å². The van der Waals surface area contributed by atoms with Crippen molar-refractivity contribution < 1.29 is 18.7 Å². The first-order valence-corrected chi connectivity index (χ1v) is 10.3. The van der Waals surface area contributed by atoms with Gasteiger partial charge in [0.05, 0.1) is 17.1 Å². The van der Waals surface area contributed by atoms with Gasteiger partial charge in [0, 0.05) is 5.39 Å². The number of ether oxygens (including phenoxy) is 2. The monoisotopic (exact) mass is 414 g/mol. The van der Waals surface area contributed by atoms with Crippen molar-refractivity contribution in [1.82, 2.24) is 10.3 Å². The lowest BCUT2D eigenvalue weighted by Crippen LogP contribution is -2.27. The molecule has 0 fully saturated rings. The summed E-state index contributed by atoms with van der Waals surface area (Å²) in [5, 5.41) is 3.89. The van der Waals surface area contributed by atoms with Gasteiger partial charge in [-0.3, -0.25) is 4.79 Å². The van der Waals surface area contributed by atoms with Gasteiger partial charge in [-0.05, 0) is 55.8 Å². The summed E-state index contributed by atoms with van der Waals surface area (Å²) in [5.74, 6) is 2.69. The van der Waals surface area contributed by atoms with Crippen LogP contribution >= 0.6 is 0 Å². The molecule has 6 heteroatoms. The number of nitrogens with zero attached hydrogens (tertiary/aromatic N) is 1. The number of pyridine rings is 1. The Balaban J connectivity index is 1.47. The van der Waals surface area contributed by atoms with Crippen molar-refractivity contribution in [3.8, 4) is 23.0 Å². The minimum absolute atomic E-state index is 0.175. The van der Waals surface area contributed by atoms with E-state index >= 15 is 0 Å². The van der Waals surface area contributed by atoms with Crippen molar-refractivity contribution in [2.75, 3.05) is 13.2 Å². The van der Waals surface area contributed by atoms with Crippen LogP contribution in [0.4, 0.5) is 0 Å². The van der Waals surface area contributed by atoms with Crippen LogP contribution in [0, 0.1) is 6.92 Å². The van der Waals surface area contributed by atoms with Crippen LogP contribution in [0.1, 0.15) is 34.6 Å². The molecule has 0 bridgehead atoms. The number of hydrogen-bond donors (Lipinski definition) is 1. The quantitative estimate of drug-likeness (QED) is 0.505. The molecule has 1 atom stereocenters. The number of carbonyl (C=O) groups excluding carboxylic acids is 1. The summed E-state index contributed by atoms with van der Waals surface area (Å²) >= 11 is 0. The van der Waals surface area contributed by atoms with Gasteiger partial charge in [-0.15, -0.1) is 0 Å². The van der Waals surface area contributed by atoms with Crippen LogP contribution < -0.4 is 14.8 Å². The summed E-state index contributed by atoms with van der Waals surface area (Å²) in [5.41, 5.74) is 2.87. The first kappa shape index (κ1) is 19.2. The summed E-state index contributed by atoms with van der Waals surface area (Å²) < 4.78 is 17.0. The first-order valence-electron chi connectivity index (χ1n) is 10.3. The molecule has 1 N–H and O–H groups in total. The molecule has 3 heterocycles. The molecule has 2 aromatic carbocycles. The van der Waals surface area contributed by atoms with E-state index in [4.69, 9.17) is 13.9 Å². The highest BCUT2D eigenvalue weighted by atomic mass is 16.6. The Labute approximate surface area is 179 Å². The zero-order valence-electron chi connectivity index (χ0n) is 17.3. The molecule has 1 aliphatic heterocycles. The van der Waals surface area contributed by atoms with Crippen LogP contribution in [0.15, 0.2) is 65.1 Å². The Bertz CT molecular complexity index is 1280. The molecule has 1 amide bonds. The van der Waals surface area contributed by atoms with Gasteiger partial charge in [0.1, 0.15) is 24.7 Å². The third-order valence-electron chi connectivity index (χ3n) is 5.37. The van der Waals surface area contributed by atoms with E-state index < -0.39 is 0 Å². The highest BCUT2D eigenvalue weighted by Gasteiger charge is 2.19. The molecular formula is C25H22N2O4. The highest BCUT2D eigenvalue weighted by Crippen LogP contribution is 2.33. The van der Waals surface area contributed by atoms with Crippen LogP contribution in [0.2, 0.25) is 0 Å². The number of para-hydroxylation sites is 1. The molecule has 2 aromatic heterocycles. The lowest BCUT2D eigenvalue weighted by molar-refractivity contribution is 0.0941. The molecule has 156 valence electrons. The molecular weight excluding hydrogens is 392 g/mol. The van der Waals surface area contributed by atoms with Crippen LogP contribution in [0.3, 0.4) is 0 Å². The summed E-state index contributed by atoms with van der Waals surface area (Å²) in [6.45, 7) is 4.90. The molecule has 0 spiro atoms. The van der Waals surface area contributed by atoms with Gasteiger partial charge in [-0.1, -0.05) is 24.3 Å². The summed E-state index contributed by atoms with van der Waals surface area (Å²) in [6, 6.07) is 18.7. The van der Waals surface area contributed by atoms with Gasteiger partial charge >= 0.3 is 0 Å². The van der Waals surface area contributed by atoms with Crippen molar-refractivity contribution in [2.24, 2.45) is 0 Å². The molecule has 1 unspecified atom stereocenters. The number of aryl methyl sites for hydroxylation is 1. The summed E-state index contributed by atoms with van der Waals surface area (Å²) in [4.78, 5) is 18.0. The fourth-order valence-electron chi connectivity index (χ4n) is 3.75. The average molecular weight is 414 g/mol. The number of furan rings is 1. The fourth-order valence-corrected chi connectivity index (χ4v) is 3.75. The number of amides is 1. The van der Waals surface area contributed by atoms with E-state index in [0.717, 1.165) is 28.0 Å². The molecule has 4 aromatic rings. The van der Waals surface area contributed by atoms with Crippen molar-refractivity contribution >= 4 is 16.8 Å². The van der Waals surface area contributed by atoms with E-state index in [-0.39, 0.29) is 11.9 Å². The van der Waals surface area contributed by atoms with Crippen molar-refractivity contribution in [1.29, 1.82) is 0 Å². The standard InChI is InChI=1S/C25H22N2O4/c1-15-7-9-22(31-15)21-14-19(18-5-3-4-6-20(18)27-21)25(28)26-16(2)17-8-10-23-24(13-17)30-12-11-29-23/h3-10,13-14,16H,11-12H2,1-2H3,(H,26,28). The Kier molecular flexibility index (Phi) is 4.82. The number of carbonyl (C=O) groups is 1. The summed E-state index contributed by atoms with van der Waals surface area (Å²) in [6.07, 6.45) is 0. The van der Waals surface area contributed by atoms with Gasteiger partial charge in [-0.2, -0.15) is 0 Å². The predicted octanol–water partition coefficient (Wildman–Crippen LogP) is 5.07. The smallest absolute Gasteiger partial charge is 0.252 e. The molecule has 5 rings (SSSR count). The maximum Gasteiger partial charge on any atom is 0.252 e. The van der Waals surface area contributed by atoms with E-state index in [2.05, 4.69) is 10.3 Å². The van der Waals surface area contributed by atoms with E-state index in [1.54, 1.807) is 6.07 Å². The van der Waals surface area contributed by atoms with Crippen molar-refractivity contribution in [3.05, 3.63) is 77.6 Å². The van der Waals surface area contributed by atoms with Gasteiger partial charge in [0.15, 0.2) is 17.3 Å². The summed E-state index contributed by atoms with van der Waals surface area (Å²) in [7, 11) is 0. The third-order valence-corrected chi connectivity index (χ3v) is 5.37. The number of benzene rings is 2. The molecule has 31 heavy (non-hydrogen) atoms. The maximum absolute atomic E-state index is 13.3. The predicted molar refractivity (Wildman–Crippen MR) is 117 cm³/mol. The molecule has 0 saturated carbocycles. The van der Waals surface area contributed by atoms with Gasteiger partial charge < -0.3 is 19.2 Å². The first-order chi connectivity index (χ1) is 15.1. The second-order valence-corrected chi connectivity index (χ2v) is 7.58. The second-order valence-electron chi connectivity index (χ2n) is 7.58. The molecule has 1 aliphatic rings. The van der Waals surface area contributed by atoms with Crippen LogP contribution in [-0.2, 0) is 0 Å². The van der Waals surface area contributed by atoms with Crippen molar-refractivity contribution in [2.45, 2.75) is 19.9 Å². The minimum Gasteiger partial charge on any atom is -0.486 e. The van der Waals surface area contributed by atoms with Crippen LogP contribution in [0.5, 0.6) is 11.5 Å². The van der Waals surface area contributed by atoms with Crippen molar-refractivity contribution in [3.63, 3.8) is 0 Å². The molecule has 0 radical (unpaired) electrons. The van der Waals surface area contributed by atoms with E-state index in [1.165, 1.54) is 0 Å². The molecule has 0 aliphatic carbocycles. The Morgan fingerprint density at radius 3 is 2.61 bits per heavy atom. The minimum atomic E-state index is -0.218. The van der Waals surface area contributed by atoms with Gasteiger partial charge in [0.25, 0.3) is 5.91 Å². The molecule has 0 saturated heterocycles. The fraction of sp³-hybridized carbons (Fsp3) is 0.200. The van der Waals surface area contributed by atoms with Crippen LogP contribution in [0.25, 0.3) is 22.4 Å². The zero-order chi connectivity index (χ0) is 21.4.